The van der Waals surface area contributed by atoms with E-state index in [-0.39, 0.29) is 37.0 Å². The number of esters is 1. The molecule has 1 aliphatic heterocycles. The molecular weight excluding hydrogens is 480 g/mol. The molecule has 0 spiro atoms. The van der Waals surface area contributed by atoms with E-state index in [0.29, 0.717) is 16.3 Å². The Morgan fingerprint density at radius 3 is 2.21 bits per heavy atom. The number of carbonyl (C=O) groups is 2. The summed E-state index contributed by atoms with van der Waals surface area (Å²) in [6, 6.07) is 11.8. The number of rotatable bonds is 7. The van der Waals surface area contributed by atoms with Gasteiger partial charge < -0.3 is 14.4 Å². The fourth-order valence-corrected chi connectivity index (χ4v) is 5.39. The summed E-state index contributed by atoms with van der Waals surface area (Å²) in [4.78, 5) is 26.8. The number of hydrogen-bond donors (Lipinski definition) is 0. The highest BCUT2D eigenvalue weighted by Gasteiger charge is 2.34. The van der Waals surface area contributed by atoms with Gasteiger partial charge in [-0.15, -0.1) is 0 Å². The number of nitrogens with zero attached hydrogens (tertiary/aromatic N) is 2. The number of aryl methyl sites for hydroxylation is 2. The summed E-state index contributed by atoms with van der Waals surface area (Å²) in [6.45, 7) is 7.08. The minimum absolute atomic E-state index is 0.167. The Morgan fingerprint density at radius 2 is 1.62 bits per heavy atom. The van der Waals surface area contributed by atoms with Crippen LogP contribution in [0.1, 0.15) is 25.0 Å². The average molecular weight is 509 g/mol. The van der Waals surface area contributed by atoms with Crippen molar-refractivity contribution in [1.29, 1.82) is 0 Å². The topological polar surface area (TPSA) is 93.2 Å². The maximum atomic E-state index is 13.0. The Morgan fingerprint density at radius 1 is 1.00 bits per heavy atom. The number of halogens is 1. The van der Waals surface area contributed by atoms with Gasteiger partial charge in [0, 0.05) is 31.2 Å². The number of hydrogen-bond acceptors (Lipinski definition) is 6. The second kappa shape index (κ2) is 10.3. The molecule has 0 aromatic heterocycles. The van der Waals surface area contributed by atoms with Gasteiger partial charge in [0.1, 0.15) is 5.75 Å². The molecule has 0 atom stereocenters. The van der Waals surface area contributed by atoms with E-state index in [2.05, 4.69) is 0 Å². The van der Waals surface area contributed by atoms with Crippen molar-refractivity contribution in [1.82, 2.24) is 9.21 Å². The summed E-state index contributed by atoms with van der Waals surface area (Å²) in [7, 11) is -3.65. The highest BCUT2D eigenvalue weighted by atomic mass is 35.5. The molecule has 0 bridgehead atoms. The summed E-state index contributed by atoms with van der Waals surface area (Å²) in [6.07, 6.45) is 0. The second-order valence-corrected chi connectivity index (χ2v) is 11.0. The van der Waals surface area contributed by atoms with Crippen molar-refractivity contribution in [3.8, 4) is 5.75 Å². The third-order valence-electron chi connectivity index (χ3n) is 5.54. The Hall–Kier alpha value is -2.62. The monoisotopic (exact) mass is 508 g/mol. The Balaban J connectivity index is 1.52. The van der Waals surface area contributed by atoms with Gasteiger partial charge >= 0.3 is 5.97 Å². The van der Waals surface area contributed by atoms with Gasteiger partial charge in [-0.1, -0.05) is 29.3 Å². The van der Waals surface area contributed by atoms with Gasteiger partial charge in [-0.25, -0.2) is 13.2 Å². The van der Waals surface area contributed by atoms with Gasteiger partial charge in [-0.2, -0.15) is 4.31 Å². The lowest BCUT2D eigenvalue weighted by Gasteiger charge is -2.34. The van der Waals surface area contributed by atoms with Crippen LogP contribution in [0.4, 0.5) is 0 Å². The molecule has 0 saturated carbocycles. The Labute approximate surface area is 205 Å². The van der Waals surface area contributed by atoms with Crippen molar-refractivity contribution < 1.29 is 27.5 Å². The first-order valence-corrected chi connectivity index (χ1v) is 12.7. The van der Waals surface area contributed by atoms with Crippen LogP contribution in [0.2, 0.25) is 5.02 Å². The first-order chi connectivity index (χ1) is 15.9. The van der Waals surface area contributed by atoms with E-state index in [9.17, 15) is 18.0 Å². The maximum Gasteiger partial charge on any atom is 0.350 e. The van der Waals surface area contributed by atoms with E-state index in [1.807, 2.05) is 13.0 Å². The smallest absolute Gasteiger partial charge is 0.350 e. The first-order valence-electron chi connectivity index (χ1n) is 10.9. The zero-order chi connectivity index (χ0) is 25.1. The molecule has 1 saturated heterocycles. The first kappa shape index (κ1) is 26.0. The molecule has 1 aliphatic rings. The van der Waals surface area contributed by atoms with E-state index in [1.54, 1.807) is 57.2 Å². The zero-order valence-electron chi connectivity index (χ0n) is 19.7. The SMILES string of the molecule is Cc1ccc(S(=O)(=O)N2CCN(C(=O)COC(=O)C(C)(C)Oc3ccc(Cl)cc3)CC2)c(C)c1. The summed E-state index contributed by atoms with van der Waals surface area (Å²) in [5, 5.41) is 0.542. The minimum atomic E-state index is -3.65. The molecule has 1 fully saturated rings. The fourth-order valence-electron chi connectivity index (χ4n) is 3.64. The molecule has 34 heavy (non-hydrogen) atoms. The summed E-state index contributed by atoms with van der Waals surface area (Å²) in [5.41, 5.74) is 0.365. The maximum absolute atomic E-state index is 13.0. The van der Waals surface area contributed by atoms with Gasteiger partial charge in [-0.05, 0) is 63.6 Å². The van der Waals surface area contributed by atoms with Crippen LogP contribution in [-0.4, -0.2) is 67.9 Å². The summed E-state index contributed by atoms with van der Waals surface area (Å²) < 4.78 is 38.3. The Kier molecular flexibility index (Phi) is 7.90. The van der Waals surface area contributed by atoms with E-state index in [4.69, 9.17) is 21.1 Å². The molecule has 2 aromatic rings. The summed E-state index contributed by atoms with van der Waals surface area (Å²) in [5.74, 6) is -0.634. The van der Waals surface area contributed by atoms with Gasteiger partial charge in [0.2, 0.25) is 10.0 Å². The van der Waals surface area contributed by atoms with E-state index >= 15 is 0 Å². The fraction of sp³-hybridized carbons (Fsp3) is 0.417. The molecule has 8 nitrogen and oxygen atoms in total. The van der Waals surface area contributed by atoms with Crippen LogP contribution in [0.15, 0.2) is 47.4 Å². The van der Waals surface area contributed by atoms with E-state index < -0.39 is 28.2 Å². The van der Waals surface area contributed by atoms with Crippen LogP contribution in [-0.2, 0) is 24.3 Å². The number of ether oxygens (including phenoxy) is 2. The van der Waals surface area contributed by atoms with Crippen molar-refractivity contribution in [2.24, 2.45) is 0 Å². The molecule has 0 aliphatic carbocycles. The molecular formula is C24H29ClN2O6S. The molecule has 1 amide bonds. The van der Waals surface area contributed by atoms with Crippen LogP contribution in [0, 0.1) is 13.8 Å². The molecule has 2 aromatic carbocycles. The highest BCUT2D eigenvalue weighted by molar-refractivity contribution is 7.89. The van der Waals surface area contributed by atoms with Crippen LogP contribution in [0.3, 0.4) is 0 Å². The van der Waals surface area contributed by atoms with Crippen LogP contribution in [0.5, 0.6) is 5.75 Å². The van der Waals surface area contributed by atoms with E-state index in [0.717, 1.165) is 5.56 Å². The van der Waals surface area contributed by atoms with Crippen molar-refractivity contribution in [3.63, 3.8) is 0 Å². The van der Waals surface area contributed by atoms with E-state index in [1.165, 1.54) is 9.21 Å². The van der Waals surface area contributed by atoms with Crippen molar-refractivity contribution >= 4 is 33.5 Å². The van der Waals surface area contributed by atoms with Crippen molar-refractivity contribution in [2.45, 2.75) is 38.2 Å². The number of benzene rings is 2. The van der Waals surface area contributed by atoms with Gasteiger partial charge in [0.15, 0.2) is 12.2 Å². The second-order valence-electron chi connectivity index (χ2n) is 8.70. The number of sulfonamides is 1. The van der Waals surface area contributed by atoms with Crippen molar-refractivity contribution in [3.05, 3.63) is 58.6 Å². The minimum Gasteiger partial charge on any atom is -0.476 e. The molecule has 184 valence electrons. The molecule has 0 unspecified atom stereocenters. The Bertz CT molecular complexity index is 1160. The lowest BCUT2D eigenvalue weighted by molar-refractivity contribution is -0.164. The van der Waals surface area contributed by atoms with Crippen LogP contribution < -0.4 is 4.74 Å². The molecule has 0 N–H and O–H groups in total. The standard InChI is InChI=1S/C24H29ClN2O6S/c1-17-5-10-21(18(2)15-17)34(30,31)27-13-11-26(12-14-27)22(28)16-32-23(29)24(3,4)33-20-8-6-19(25)7-9-20/h5-10,15H,11-14,16H2,1-4H3. The van der Waals surface area contributed by atoms with Crippen LogP contribution >= 0.6 is 11.6 Å². The van der Waals surface area contributed by atoms with Gasteiger partial charge in [0.25, 0.3) is 5.91 Å². The largest absolute Gasteiger partial charge is 0.476 e. The number of piperazine rings is 1. The number of carbonyl (C=O) groups excluding carboxylic acids is 2. The van der Waals surface area contributed by atoms with Crippen LogP contribution in [0.25, 0.3) is 0 Å². The zero-order valence-corrected chi connectivity index (χ0v) is 21.3. The van der Waals surface area contributed by atoms with Crippen molar-refractivity contribution in [2.75, 3.05) is 32.8 Å². The molecule has 3 rings (SSSR count). The third kappa shape index (κ3) is 6.08. The summed E-state index contributed by atoms with van der Waals surface area (Å²) >= 11 is 5.86. The average Bonchev–Trinajstić information content (AvgIpc) is 2.78. The molecule has 0 radical (unpaired) electrons. The molecule has 1 heterocycles. The molecule has 10 heteroatoms. The predicted molar refractivity (Wildman–Crippen MR) is 128 cm³/mol. The number of amides is 1. The quantitative estimate of drug-likeness (QED) is 0.533. The van der Waals surface area contributed by atoms with Gasteiger partial charge in [0.05, 0.1) is 4.90 Å². The highest BCUT2D eigenvalue weighted by Crippen LogP contribution is 2.23. The lowest BCUT2D eigenvalue weighted by atomic mass is 10.1. The normalized spacial score (nSPS) is 15.1. The lowest BCUT2D eigenvalue weighted by Crippen LogP contribution is -2.51. The third-order valence-corrected chi connectivity index (χ3v) is 7.86. The predicted octanol–water partition coefficient (Wildman–Crippen LogP) is 3.19. The van der Waals surface area contributed by atoms with Gasteiger partial charge in [-0.3, -0.25) is 4.79 Å².